The van der Waals surface area contributed by atoms with Gasteiger partial charge in [0.2, 0.25) is 5.91 Å². The van der Waals surface area contributed by atoms with Gasteiger partial charge in [-0.15, -0.1) is 0 Å². The highest BCUT2D eigenvalue weighted by molar-refractivity contribution is 6.31. The standard InChI is InChI=1S/C26H22ClN5O3/c1-16-8-9-18(27)13-22(16)30-23(33)15-32-24-20(6-4-11-28-24)25(34)31(26(32)35)12-10-17-14-29-21-7-3-2-5-19(17)21/h2-9,11,13-14,29H,10,12,15H2,1H3,(H,30,33). The van der Waals surface area contributed by atoms with Crippen molar-refractivity contribution in [2.45, 2.75) is 26.4 Å². The fourth-order valence-electron chi connectivity index (χ4n) is 4.22. The number of rotatable bonds is 6. The summed E-state index contributed by atoms with van der Waals surface area (Å²) in [6, 6.07) is 16.3. The van der Waals surface area contributed by atoms with E-state index in [-0.39, 0.29) is 24.1 Å². The molecule has 0 aliphatic carbocycles. The van der Waals surface area contributed by atoms with Crippen molar-refractivity contribution in [3.63, 3.8) is 0 Å². The van der Waals surface area contributed by atoms with E-state index in [1.807, 2.05) is 37.4 Å². The average molecular weight is 488 g/mol. The summed E-state index contributed by atoms with van der Waals surface area (Å²) in [5.74, 6) is -0.425. The van der Waals surface area contributed by atoms with Crippen molar-refractivity contribution in [3.05, 3.63) is 104 Å². The molecule has 0 radical (unpaired) electrons. The Bertz CT molecular complexity index is 1700. The number of aromatic nitrogens is 4. The number of anilines is 1. The second-order valence-corrected chi connectivity index (χ2v) is 8.75. The Morgan fingerprint density at radius 2 is 1.86 bits per heavy atom. The molecule has 0 saturated carbocycles. The van der Waals surface area contributed by atoms with E-state index < -0.39 is 17.2 Å². The predicted molar refractivity (Wildman–Crippen MR) is 137 cm³/mol. The molecular weight excluding hydrogens is 466 g/mol. The van der Waals surface area contributed by atoms with E-state index in [1.54, 1.807) is 30.3 Å². The summed E-state index contributed by atoms with van der Waals surface area (Å²) in [5.41, 5.74) is 2.53. The zero-order valence-electron chi connectivity index (χ0n) is 18.9. The van der Waals surface area contributed by atoms with Gasteiger partial charge in [-0.25, -0.2) is 9.78 Å². The zero-order chi connectivity index (χ0) is 24.5. The molecule has 0 aliphatic rings. The molecule has 9 heteroatoms. The first-order chi connectivity index (χ1) is 16.9. The third-order valence-electron chi connectivity index (χ3n) is 6.03. The monoisotopic (exact) mass is 487 g/mol. The summed E-state index contributed by atoms with van der Waals surface area (Å²) in [7, 11) is 0. The lowest BCUT2D eigenvalue weighted by Gasteiger charge is -2.14. The molecular formula is C26H22ClN5O3. The number of fused-ring (bicyclic) bond motifs is 2. The number of nitrogens with zero attached hydrogens (tertiary/aromatic N) is 3. The molecule has 0 aliphatic heterocycles. The lowest BCUT2D eigenvalue weighted by atomic mass is 10.1. The van der Waals surface area contributed by atoms with Gasteiger partial charge in [-0.1, -0.05) is 35.9 Å². The van der Waals surface area contributed by atoms with Crippen molar-refractivity contribution < 1.29 is 4.79 Å². The molecule has 3 heterocycles. The van der Waals surface area contributed by atoms with E-state index in [4.69, 9.17) is 11.6 Å². The highest BCUT2D eigenvalue weighted by Crippen LogP contribution is 2.20. The van der Waals surface area contributed by atoms with Gasteiger partial charge in [0.25, 0.3) is 5.56 Å². The molecule has 0 fully saturated rings. The maximum Gasteiger partial charge on any atom is 0.333 e. The number of pyridine rings is 1. The van der Waals surface area contributed by atoms with Crippen LogP contribution in [-0.2, 0) is 24.3 Å². The van der Waals surface area contributed by atoms with Crippen LogP contribution in [0.4, 0.5) is 5.69 Å². The number of H-pyrrole nitrogens is 1. The van der Waals surface area contributed by atoms with Crippen LogP contribution in [0, 0.1) is 6.92 Å². The number of carbonyl (C=O) groups is 1. The Labute approximate surface area is 204 Å². The third-order valence-corrected chi connectivity index (χ3v) is 6.27. The number of halogens is 1. The summed E-state index contributed by atoms with van der Waals surface area (Å²) in [4.78, 5) is 46.9. The number of nitrogens with one attached hydrogen (secondary N) is 2. The first kappa shape index (κ1) is 22.6. The predicted octanol–water partition coefficient (Wildman–Crippen LogP) is 3.88. The minimum atomic E-state index is -0.584. The van der Waals surface area contributed by atoms with Crippen LogP contribution >= 0.6 is 11.6 Å². The second kappa shape index (κ2) is 9.23. The van der Waals surface area contributed by atoms with Crippen LogP contribution in [0.15, 0.2) is 76.6 Å². The molecule has 0 atom stereocenters. The van der Waals surface area contributed by atoms with Crippen LogP contribution in [0.1, 0.15) is 11.1 Å². The van der Waals surface area contributed by atoms with Crippen LogP contribution in [0.3, 0.4) is 0 Å². The van der Waals surface area contributed by atoms with Crippen LogP contribution in [0.5, 0.6) is 0 Å². The number of carbonyl (C=O) groups excluding carboxylic acids is 1. The lowest BCUT2D eigenvalue weighted by Crippen LogP contribution is -2.42. The van der Waals surface area contributed by atoms with Crippen LogP contribution in [0.2, 0.25) is 5.02 Å². The van der Waals surface area contributed by atoms with Crippen molar-refractivity contribution in [1.29, 1.82) is 0 Å². The normalized spacial score (nSPS) is 11.3. The van der Waals surface area contributed by atoms with Crippen LogP contribution in [0.25, 0.3) is 21.9 Å². The van der Waals surface area contributed by atoms with Gasteiger partial charge in [-0.3, -0.25) is 18.7 Å². The number of para-hydroxylation sites is 1. The van der Waals surface area contributed by atoms with Gasteiger partial charge >= 0.3 is 5.69 Å². The number of hydrogen-bond donors (Lipinski definition) is 2. The van der Waals surface area contributed by atoms with E-state index in [9.17, 15) is 14.4 Å². The van der Waals surface area contributed by atoms with Gasteiger partial charge in [-0.05, 0) is 54.8 Å². The summed E-state index contributed by atoms with van der Waals surface area (Å²) in [6.07, 6.45) is 3.85. The Balaban J connectivity index is 1.50. The molecule has 0 unspecified atom stereocenters. The minimum Gasteiger partial charge on any atom is -0.361 e. The fourth-order valence-corrected chi connectivity index (χ4v) is 4.39. The average Bonchev–Trinajstić information content (AvgIpc) is 3.27. The maximum absolute atomic E-state index is 13.4. The first-order valence-electron chi connectivity index (χ1n) is 11.1. The molecule has 5 rings (SSSR count). The van der Waals surface area contributed by atoms with Gasteiger partial charge < -0.3 is 10.3 Å². The van der Waals surface area contributed by atoms with E-state index in [0.717, 1.165) is 22.0 Å². The Morgan fingerprint density at radius 3 is 2.71 bits per heavy atom. The zero-order valence-corrected chi connectivity index (χ0v) is 19.7. The molecule has 5 aromatic rings. The highest BCUT2D eigenvalue weighted by atomic mass is 35.5. The Kier molecular flexibility index (Phi) is 5.96. The molecule has 1 amide bonds. The molecule has 0 spiro atoms. The van der Waals surface area contributed by atoms with E-state index in [1.165, 1.54) is 15.3 Å². The fraction of sp³-hybridized carbons (Fsp3) is 0.154. The van der Waals surface area contributed by atoms with Gasteiger partial charge in [-0.2, -0.15) is 0 Å². The van der Waals surface area contributed by atoms with Crippen molar-refractivity contribution in [2.24, 2.45) is 0 Å². The lowest BCUT2D eigenvalue weighted by molar-refractivity contribution is -0.116. The molecule has 2 aromatic carbocycles. The summed E-state index contributed by atoms with van der Waals surface area (Å²) in [5, 5.41) is 4.60. The van der Waals surface area contributed by atoms with Crippen molar-refractivity contribution in [1.82, 2.24) is 19.1 Å². The van der Waals surface area contributed by atoms with Gasteiger partial charge in [0, 0.05) is 40.6 Å². The minimum absolute atomic E-state index is 0.166. The summed E-state index contributed by atoms with van der Waals surface area (Å²) in [6.45, 7) is 1.71. The summed E-state index contributed by atoms with van der Waals surface area (Å²) < 4.78 is 2.41. The molecule has 176 valence electrons. The molecule has 0 saturated heterocycles. The second-order valence-electron chi connectivity index (χ2n) is 8.32. The number of benzene rings is 2. The van der Waals surface area contributed by atoms with E-state index in [2.05, 4.69) is 15.3 Å². The van der Waals surface area contributed by atoms with Gasteiger partial charge in [0.05, 0.1) is 5.39 Å². The van der Waals surface area contributed by atoms with Crippen molar-refractivity contribution in [2.75, 3.05) is 5.32 Å². The number of amides is 1. The largest absolute Gasteiger partial charge is 0.361 e. The molecule has 0 bridgehead atoms. The number of aromatic amines is 1. The van der Waals surface area contributed by atoms with E-state index in [0.29, 0.717) is 17.1 Å². The van der Waals surface area contributed by atoms with E-state index >= 15 is 0 Å². The van der Waals surface area contributed by atoms with Crippen molar-refractivity contribution >= 4 is 45.1 Å². The first-order valence-corrected chi connectivity index (χ1v) is 11.5. The van der Waals surface area contributed by atoms with Crippen molar-refractivity contribution in [3.8, 4) is 0 Å². The smallest absolute Gasteiger partial charge is 0.333 e. The van der Waals surface area contributed by atoms with Crippen LogP contribution in [-0.4, -0.2) is 25.0 Å². The topological polar surface area (TPSA) is 102 Å². The maximum atomic E-state index is 13.4. The molecule has 35 heavy (non-hydrogen) atoms. The summed E-state index contributed by atoms with van der Waals surface area (Å²) >= 11 is 6.06. The SMILES string of the molecule is Cc1ccc(Cl)cc1NC(=O)Cn1c(=O)n(CCc2c[nH]c3ccccc23)c(=O)c2cccnc21. The Morgan fingerprint density at radius 1 is 1.06 bits per heavy atom. The van der Waals surface area contributed by atoms with Gasteiger partial charge in [0.1, 0.15) is 12.2 Å². The highest BCUT2D eigenvalue weighted by Gasteiger charge is 2.17. The quantitative estimate of drug-likeness (QED) is 0.379. The molecule has 2 N–H and O–H groups in total. The Hall–Kier alpha value is -4.17. The third kappa shape index (κ3) is 4.36. The number of aryl methyl sites for hydroxylation is 2. The molecule has 3 aromatic heterocycles. The van der Waals surface area contributed by atoms with Crippen LogP contribution < -0.4 is 16.6 Å². The number of hydrogen-bond acceptors (Lipinski definition) is 4. The van der Waals surface area contributed by atoms with Gasteiger partial charge in [0.15, 0.2) is 0 Å². The molecule has 8 nitrogen and oxygen atoms in total.